The summed E-state index contributed by atoms with van der Waals surface area (Å²) in [4.78, 5) is 7.44. The third kappa shape index (κ3) is 3.40. The van der Waals surface area contributed by atoms with Crippen LogP contribution in [0.2, 0.25) is 0 Å². The van der Waals surface area contributed by atoms with Gasteiger partial charge in [0.05, 0.1) is 12.4 Å². The summed E-state index contributed by atoms with van der Waals surface area (Å²) < 4.78 is 27.3. The van der Waals surface area contributed by atoms with E-state index in [9.17, 15) is 8.42 Å². The summed E-state index contributed by atoms with van der Waals surface area (Å²) in [6, 6.07) is 6.80. The molecule has 7 nitrogen and oxygen atoms in total. The van der Waals surface area contributed by atoms with Gasteiger partial charge in [-0.15, -0.1) is 0 Å². The minimum atomic E-state index is -3.72. The van der Waals surface area contributed by atoms with Crippen molar-refractivity contribution in [3.05, 3.63) is 41.1 Å². The Hall–Kier alpha value is -1.71. The van der Waals surface area contributed by atoms with Crippen molar-refractivity contribution in [3.8, 4) is 0 Å². The largest absolute Gasteiger partial charge is 0.292 e. The maximum absolute atomic E-state index is 12.1. The van der Waals surface area contributed by atoms with Gasteiger partial charge < -0.3 is 0 Å². The third-order valence-corrected chi connectivity index (χ3v) is 3.97. The first kappa shape index (κ1) is 13.7. The molecular formula is C10H10BrN5O2S. The standard InChI is InChI=1S/C10H10BrN5O2S/c11-7-2-1-3-8(4-7)16-19(17,18)9-5-13-10(15-12)14-6-9/h1-6,16H,12H2,(H,13,14,15). The molecule has 0 amide bonds. The van der Waals surface area contributed by atoms with Crippen LogP contribution in [-0.4, -0.2) is 18.4 Å². The summed E-state index contributed by atoms with van der Waals surface area (Å²) >= 11 is 3.26. The lowest BCUT2D eigenvalue weighted by Crippen LogP contribution is -2.15. The number of hydrogen-bond donors (Lipinski definition) is 3. The molecule has 0 spiro atoms. The van der Waals surface area contributed by atoms with Crippen LogP contribution < -0.4 is 16.0 Å². The number of nitrogens with zero attached hydrogens (tertiary/aromatic N) is 2. The zero-order valence-corrected chi connectivity index (χ0v) is 11.9. The Morgan fingerprint density at radius 3 is 2.47 bits per heavy atom. The average molecular weight is 344 g/mol. The zero-order chi connectivity index (χ0) is 13.9. The van der Waals surface area contributed by atoms with E-state index in [2.05, 4.69) is 36.0 Å². The molecule has 0 atom stereocenters. The predicted molar refractivity (Wildman–Crippen MR) is 74.8 cm³/mol. The van der Waals surface area contributed by atoms with E-state index in [1.54, 1.807) is 24.3 Å². The lowest BCUT2D eigenvalue weighted by atomic mass is 10.3. The molecule has 1 aromatic carbocycles. The fourth-order valence-corrected chi connectivity index (χ4v) is 2.63. The summed E-state index contributed by atoms with van der Waals surface area (Å²) in [5, 5.41) is 0. The highest BCUT2D eigenvalue weighted by Crippen LogP contribution is 2.19. The maximum atomic E-state index is 12.1. The van der Waals surface area contributed by atoms with Crippen LogP contribution in [0, 0.1) is 0 Å². The van der Waals surface area contributed by atoms with Gasteiger partial charge in [0.25, 0.3) is 10.0 Å². The van der Waals surface area contributed by atoms with Crippen LogP contribution in [0.5, 0.6) is 0 Å². The SMILES string of the molecule is NNc1ncc(S(=O)(=O)Nc2cccc(Br)c2)cn1. The van der Waals surface area contributed by atoms with Crippen LogP contribution in [-0.2, 0) is 10.0 Å². The molecule has 0 saturated carbocycles. The van der Waals surface area contributed by atoms with Crippen LogP contribution in [0.1, 0.15) is 0 Å². The van der Waals surface area contributed by atoms with Crippen LogP contribution >= 0.6 is 15.9 Å². The number of rotatable bonds is 4. The molecular weight excluding hydrogens is 334 g/mol. The Labute approximate surface area is 118 Å². The molecule has 1 aromatic heterocycles. The number of sulfonamides is 1. The smallest absolute Gasteiger partial charge is 0.264 e. The van der Waals surface area contributed by atoms with E-state index in [-0.39, 0.29) is 10.8 Å². The van der Waals surface area contributed by atoms with Crippen molar-refractivity contribution in [3.63, 3.8) is 0 Å². The number of hydrazine groups is 1. The molecule has 100 valence electrons. The van der Waals surface area contributed by atoms with Gasteiger partial charge in [-0.2, -0.15) is 0 Å². The van der Waals surface area contributed by atoms with Crippen molar-refractivity contribution < 1.29 is 8.42 Å². The molecule has 0 unspecified atom stereocenters. The summed E-state index contributed by atoms with van der Waals surface area (Å²) in [5.74, 6) is 5.24. The van der Waals surface area contributed by atoms with Gasteiger partial charge in [0.1, 0.15) is 4.90 Å². The molecule has 0 aliphatic heterocycles. The van der Waals surface area contributed by atoms with E-state index in [1.807, 2.05) is 0 Å². The lowest BCUT2D eigenvalue weighted by Gasteiger charge is -2.08. The van der Waals surface area contributed by atoms with Gasteiger partial charge in [0, 0.05) is 10.2 Å². The molecule has 0 aliphatic carbocycles. The molecule has 1 heterocycles. The molecule has 4 N–H and O–H groups in total. The van der Waals surface area contributed by atoms with Gasteiger partial charge in [0.2, 0.25) is 5.95 Å². The first-order valence-electron chi connectivity index (χ1n) is 5.08. The first-order valence-corrected chi connectivity index (χ1v) is 7.36. The minimum absolute atomic E-state index is 0.0496. The Morgan fingerprint density at radius 1 is 1.21 bits per heavy atom. The fourth-order valence-electron chi connectivity index (χ4n) is 1.30. The van der Waals surface area contributed by atoms with E-state index >= 15 is 0 Å². The number of hydrogen-bond acceptors (Lipinski definition) is 6. The molecule has 2 aromatic rings. The van der Waals surface area contributed by atoms with Gasteiger partial charge in [-0.25, -0.2) is 24.2 Å². The minimum Gasteiger partial charge on any atom is -0.292 e. The summed E-state index contributed by atoms with van der Waals surface area (Å²) in [6.07, 6.45) is 2.34. The Bertz CT molecular complexity index is 675. The number of nitrogens with two attached hydrogens (primary N) is 1. The van der Waals surface area contributed by atoms with Crippen molar-refractivity contribution in [1.29, 1.82) is 0 Å². The van der Waals surface area contributed by atoms with Crippen molar-refractivity contribution in [2.45, 2.75) is 4.90 Å². The monoisotopic (exact) mass is 343 g/mol. The number of halogens is 1. The highest BCUT2D eigenvalue weighted by atomic mass is 79.9. The molecule has 0 aliphatic rings. The van der Waals surface area contributed by atoms with E-state index in [0.717, 1.165) is 4.47 Å². The first-order chi connectivity index (χ1) is 9.01. The van der Waals surface area contributed by atoms with Gasteiger partial charge in [-0.3, -0.25) is 10.1 Å². The summed E-state index contributed by atoms with van der Waals surface area (Å²) in [7, 11) is -3.72. The van der Waals surface area contributed by atoms with Gasteiger partial charge in [0.15, 0.2) is 0 Å². The van der Waals surface area contributed by atoms with E-state index in [0.29, 0.717) is 5.69 Å². The van der Waals surface area contributed by atoms with Crippen LogP contribution in [0.3, 0.4) is 0 Å². The Morgan fingerprint density at radius 2 is 1.89 bits per heavy atom. The van der Waals surface area contributed by atoms with Gasteiger partial charge in [-0.1, -0.05) is 22.0 Å². The molecule has 2 rings (SSSR count). The lowest BCUT2D eigenvalue weighted by molar-refractivity contribution is 0.600. The summed E-state index contributed by atoms with van der Waals surface area (Å²) in [5.41, 5.74) is 2.66. The summed E-state index contributed by atoms with van der Waals surface area (Å²) in [6.45, 7) is 0. The zero-order valence-electron chi connectivity index (χ0n) is 9.54. The van der Waals surface area contributed by atoms with E-state index in [1.165, 1.54) is 12.4 Å². The third-order valence-electron chi connectivity index (χ3n) is 2.14. The highest BCUT2D eigenvalue weighted by Gasteiger charge is 2.15. The van der Waals surface area contributed by atoms with E-state index < -0.39 is 10.0 Å². The van der Waals surface area contributed by atoms with Crippen molar-refractivity contribution in [2.75, 3.05) is 10.1 Å². The second-order valence-corrected chi connectivity index (χ2v) is 6.10. The normalized spacial score (nSPS) is 11.1. The molecule has 0 radical (unpaired) electrons. The number of nitrogens with one attached hydrogen (secondary N) is 2. The van der Waals surface area contributed by atoms with Crippen LogP contribution in [0.4, 0.5) is 11.6 Å². The number of nitrogen functional groups attached to an aromatic ring is 1. The second kappa shape index (κ2) is 5.51. The molecule has 19 heavy (non-hydrogen) atoms. The van der Waals surface area contributed by atoms with Crippen LogP contribution in [0.25, 0.3) is 0 Å². The highest BCUT2D eigenvalue weighted by molar-refractivity contribution is 9.10. The average Bonchev–Trinajstić information content (AvgIpc) is 2.38. The maximum Gasteiger partial charge on any atom is 0.264 e. The number of anilines is 2. The molecule has 9 heteroatoms. The second-order valence-electron chi connectivity index (χ2n) is 3.50. The molecule has 0 bridgehead atoms. The van der Waals surface area contributed by atoms with Crippen molar-refractivity contribution in [2.24, 2.45) is 5.84 Å². The van der Waals surface area contributed by atoms with Crippen molar-refractivity contribution in [1.82, 2.24) is 9.97 Å². The topological polar surface area (TPSA) is 110 Å². The number of benzene rings is 1. The fraction of sp³-hybridized carbons (Fsp3) is 0. The molecule has 0 saturated heterocycles. The Balaban J connectivity index is 2.27. The predicted octanol–water partition coefficient (Wildman–Crippen LogP) is 1.33. The molecule has 0 fully saturated rings. The quantitative estimate of drug-likeness (QED) is 0.570. The van der Waals surface area contributed by atoms with Crippen molar-refractivity contribution >= 4 is 37.6 Å². The van der Waals surface area contributed by atoms with Gasteiger partial charge >= 0.3 is 0 Å². The Kier molecular flexibility index (Phi) is 3.98. The van der Waals surface area contributed by atoms with Gasteiger partial charge in [-0.05, 0) is 18.2 Å². The van der Waals surface area contributed by atoms with Crippen LogP contribution in [0.15, 0.2) is 46.0 Å². The van der Waals surface area contributed by atoms with E-state index in [4.69, 9.17) is 5.84 Å². The number of aromatic nitrogens is 2.